The third-order valence-corrected chi connectivity index (χ3v) is 5.42. The van der Waals surface area contributed by atoms with Gasteiger partial charge in [0.25, 0.3) is 0 Å². The Bertz CT molecular complexity index is 849. The summed E-state index contributed by atoms with van der Waals surface area (Å²) in [5, 5.41) is 6.08. The first-order chi connectivity index (χ1) is 13.7. The standard InChI is InChI=1S/C23H27N3O2.ClH/c27-22(16-24-15-18-7-8-18)25-20-11-9-17(10-12-20)14-23(28)26-13-3-5-19-4-1-2-6-21(19)26;/h1-2,4,6,9-12,18,24H,3,5,7-8,13-16H2,(H,25,27);1H. The van der Waals surface area contributed by atoms with Crippen LogP contribution >= 0.6 is 12.4 Å². The van der Waals surface area contributed by atoms with Crippen molar-refractivity contribution in [3.05, 3.63) is 59.7 Å². The van der Waals surface area contributed by atoms with E-state index in [4.69, 9.17) is 0 Å². The summed E-state index contributed by atoms with van der Waals surface area (Å²) in [7, 11) is 0. The third kappa shape index (κ3) is 5.81. The summed E-state index contributed by atoms with van der Waals surface area (Å²) in [6.45, 7) is 2.04. The summed E-state index contributed by atoms with van der Waals surface area (Å²) in [5.41, 5.74) is 4.01. The zero-order chi connectivity index (χ0) is 19.3. The number of benzene rings is 2. The number of anilines is 2. The van der Waals surface area contributed by atoms with Gasteiger partial charge in [0.05, 0.1) is 13.0 Å². The maximum atomic E-state index is 12.8. The van der Waals surface area contributed by atoms with Gasteiger partial charge in [0.1, 0.15) is 0 Å². The number of nitrogens with zero attached hydrogens (tertiary/aromatic N) is 1. The van der Waals surface area contributed by atoms with Crippen LogP contribution in [-0.4, -0.2) is 31.4 Å². The van der Waals surface area contributed by atoms with Crippen molar-refractivity contribution in [3.8, 4) is 0 Å². The number of nitrogens with one attached hydrogen (secondary N) is 2. The Hall–Kier alpha value is -2.37. The minimum absolute atomic E-state index is 0. The number of rotatable bonds is 7. The molecule has 2 aromatic rings. The van der Waals surface area contributed by atoms with Gasteiger partial charge in [-0.3, -0.25) is 9.59 Å². The minimum Gasteiger partial charge on any atom is -0.325 e. The van der Waals surface area contributed by atoms with Gasteiger partial charge in [0, 0.05) is 17.9 Å². The molecule has 0 aromatic heterocycles. The number of fused-ring (bicyclic) bond motifs is 1. The lowest BCUT2D eigenvalue weighted by Crippen LogP contribution is -2.36. The first-order valence-corrected chi connectivity index (χ1v) is 10.2. The summed E-state index contributed by atoms with van der Waals surface area (Å²) in [6, 6.07) is 15.7. The molecule has 2 amide bonds. The highest BCUT2D eigenvalue weighted by atomic mass is 35.5. The number of halogens is 1. The van der Waals surface area contributed by atoms with Crippen LogP contribution in [0.5, 0.6) is 0 Å². The monoisotopic (exact) mass is 413 g/mol. The summed E-state index contributed by atoms with van der Waals surface area (Å²) in [5.74, 6) is 0.846. The second kappa shape index (κ2) is 9.90. The van der Waals surface area contributed by atoms with Crippen molar-refractivity contribution in [2.45, 2.75) is 32.1 Å². The molecular formula is C23H28ClN3O2. The molecule has 0 unspecified atom stereocenters. The molecule has 0 radical (unpaired) electrons. The van der Waals surface area contributed by atoms with E-state index in [2.05, 4.69) is 16.7 Å². The van der Waals surface area contributed by atoms with E-state index in [1.54, 1.807) is 0 Å². The van der Waals surface area contributed by atoms with Gasteiger partial charge in [0.15, 0.2) is 0 Å². The quantitative estimate of drug-likeness (QED) is 0.729. The van der Waals surface area contributed by atoms with E-state index in [1.165, 1.54) is 18.4 Å². The highest BCUT2D eigenvalue weighted by Gasteiger charge is 2.22. The average molecular weight is 414 g/mol. The fraction of sp³-hybridized carbons (Fsp3) is 0.391. The summed E-state index contributed by atoms with van der Waals surface area (Å²) in [4.78, 5) is 26.7. The zero-order valence-electron chi connectivity index (χ0n) is 16.5. The topological polar surface area (TPSA) is 61.4 Å². The Balaban J connectivity index is 0.00000240. The largest absolute Gasteiger partial charge is 0.325 e. The van der Waals surface area contributed by atoms with Gasteiger partial charge >= 0.3 is 0 Å². The molecule has 0 saturated heterocycles. The molecule has 154 valence electrons. The number of aryl methyl sites for hydroxylation is 1. The van der Waals surface area contributed by atoms with Gasteiger partial charge in [-0.15, -0.1) is 12.4 Å². The fourth-order valence-electron chi connectivity index (χ4n) is 3.69. The lowest BCUT2D eigenvalue weighted by molar-refractivity contribution is -0.118. The highest BCUT2D eigenvalue weighted by Crippen LogP contribution is 2.28. The van der Waals surface area contributed by atoms with E-state index < -0.39 is 0 Å². The van der Waals surface area contributed by atoms with Crippen LogP contribution < -0.4 is 15.5 Å². The van der Waals surface area contributed by atoms with Crippen LogP contribution in [-0.2, 0) is 22.4 Å². The van der Waals surface area contributed by atoms with Gasteiger partial charge < -0.3 is 15.5 Å². The second-order valence-corrected chi connectivity index (χ2v) is 7.77. The lowest BCUT2D eigenvalue weighted by atomic mass is 10.0. The van der Waals surface area contributed by atoms with Crippen LogP contribution in [0.1, 0.15) is 30.4 Å². The molecular weight excluding hydrogens is 386 g/mol. The number of amides is 2. The maximum absolute atomic E-state index is 12.8. The van der Waals surface area contributed by atoms with Crippen molar-refractivity contribution in [3.63, 3.8) is 0 Å². The Morgan fingerprint density at radius 3 is 2.55 bits per heavy atom. The van der Waals surface area contributed by atoms with E-state index in [9.17, 15) is 9.59 Å². The minimum atomic E-state index is -0.0330. The van der Waals surface area contributed by atoms with E-state index >= 15 is 0 Å². The lowest BCUT2D eigenvalue weighted by Gasteiger charge is -2.29. The number of hydrogen-bond donors (Lipinski definition) is 2. The Labute approximate surface area is 178 Å². The maximum Gasteiger partial charge on any atom is 0.238 e. The van der Waals surface area contributed by atoms with Gasteiger partial charge in [0.2, 0.25) is 11.8 Å². The molecule has 0 atom stereocenters. The molecule has 2 aromatic carbocycles. The molecule has 1 saturated carbocycles. The molecule has 4 rings (SSSR count). The predicted octanol–water partition coefficient (Wildman–Crippen LogP) is 3.57. The van der Waals surface area contributed by atoms with Crippen molar-refractivity contribution in [2.24, 2.45) is 5.92 Å². The summed E-state index contributed by atoms with van der Waals surface area (Å²) >= 11 is 0. The van der Waals surface area contributed by atoms with Crippen LogP contribution in [0.15, 0.2) is 48.5 Å². The molecule has 1 aliphatic heterocycles. The number of para-hydroxylation sites is 1. The van der Waals surface area contributed by atoms with E-state index in [0.29, 0.717) is 13.0 Å². The molecule has 1 heterocycles. The van der Waals surface area contributed by atoms with Gasteiger partial charge in [-0.05, 0) is 67.5 Å². The van der Waals surface area contributed by atoms with Crippen molar-refractivity contribution in [1.82, 2.24) is 5.32 Å². The Kier molecular flexibility index (Phi) is 7.29. The van der Waals surface area contributed by atoms with E-state index in [-0.39, 0.29) is 24.2 Å². The van der Waals surface area contributed by atoms with Crippen LogP contribution in [0.4, 0.5) is 11.4 Å². The Morgan fingerprint density at radius 1 is 1.03 bits per heavy atom. The van der Waals surface area contributed by atoms with Crippen LogP contribution in [0, 0.1) is 5.92 Å². The van der Waals surface area contributed by atoms with Gasteiger partial charge in [-0.25, -0.2) is 0 Å². The number of hydrogen-bond acceptors (Lipinski definition) is 3. The highest BCUT2D eigenvalue weighted by molar-refractivity contribution is 5.96. The van der Waals surface area contributed by atoms with Crippen LogP contribution in [0.25, 0.3) is 0 Å². The van der Waals surface area contributed by atoms with Crippen molar-refractivity contribution in [1.29, 1.82) is 0 Å². The Morgan fingerprint density at radius 2 is 1.79 bits per heavy atom. The molecule has 1 fully saturated rings. The predicted molar refractivity (Wildman–Crippen MR) is 119 cm³/mol. The summed E-state index contributed by atoms with van der Waals surface area (Å²) in [6.07, 6.45) is 4.95. The van der Waals surface area contributed by atoms with Crippen molar-refractivity contribution < 1.29 is 9.59 Å². The number of carbonyl (C=O) groups is 2. The SMILES string of the molecule is Cl.O=C(CNCC1CC1)Nc1ccc(CC(=O)N2CCCc3ccccc32)cc1. The smallest absolute Gasteiger partial charge is 0.238 e. The molecule has 0 bridgehead atoms. The average Bonchev–Trinajstić information content (AvgIpc) is 3.53. The van der Waals surface area contributed by atoms with Crippen LogP contribution in [0.3, 0.4) is 0 Å². The molecule has 6 heteroatoms. The fourth-order valence-corrected chi connectivity index (χ4v) is 3.69. The molecule has 2 N–H and O–H groups in total. The molecule has 2 aliphatic rings. The molecule has 1 aliphatic carbocycles. The van der Waals surface area contributed by atoms with Gasteiger partial charge in [-0.1, -0.05) is 30.3 Å². The second-order valence-electron chi connectivity index (χ2n) is 7.77. The first-order valence-electron chi connectivity index (χ1n) is 10.2. The third-order valence-electron chi connectivity index (χ3n) is 5.42. The van der Waals surface area contributed by atoms with E-state index in [0.717, 1.165) is 48.8 Å². The zero-order valence-corrected chi connectivity index (χ0v) is 17.3. The summed E-state index contributed by atoms with van der Waals surface area (Å²) < 4.78 is 0. The molecule has 0 spiro atoms. The van der Waals surface area contributed by atoms with Crippen molar-refractivity contribution >= 4 is 35.6 Å². The van der Waals surface area contributed by atoms with Gasteiger partial charge in [-0.2, -0.15) is 0 Å². The van der Waals surface area contributed by atoms with E-state index in [1.807, 2.05) is 47.4 Å². The van der Waals surface area contributed by atoms with Crippen molar-refractivity contribution in [2.75, 3.05) is 29.9 Å². The molecule has 29 heavy (non-hydrogen) atoms. The molecule has 5 nitrogen and oxygen atoms in total. The number of carbonyl (C=O) groups excluding carboxylic acids is 2. The first kappa shape index (κ1) is 21.3. The normalized spacial score (nSPS) is 15.2. The van der Waals surface area contributed by atoms with Crippen LogP contribution in [0.2, 0.25) is 0 Å².